The van der Waals surface area contributed by atoms with Crippen LogP contribution in [0.3, 0.4) is 0 Å². The van der Waals surface area contributed by atoms with Crippen molar-refractivity contribution in [3.8, 4) is 0 Å². The first-order valence-electron chi connectivity index (χ1n) is 6.68. The molecule has 1 saturated heterocycles. The molecule has 1 aliphatic heterocycles. The largest absolute Gasteiger partial charge is 0.394 e. The van der Waals surface area contributed by atoms with Crippen LogP contribution in [0.15, 0.2) is 0 Å². The summed E-state index contributed by atoms with van der Waals surface area (Å²) >= 11 is 0. The first-order valence-corrected chi connectivity index (χ1v) is 6.68. The number of ether oxygens (including phenoxy) is 2. The van der Waals surface area contributed by atoms with E-state index >= 15 is 0 Å². The van der Waals surface area contributed by atoms with Crippen LogP contribution in [0.1, 0.15) is 33.6 Å². The van der Waals surface area contributed by atoms with E-state index in [1.54, 1.807) is 0 Å². The van der Waals surface area contributed by atoms with Crippen molar-refractivity contribution in [3.63, 3.8) is 0 Å². The van der Waals surface area contributed by atoms with Gasteiger partial charge < -0.3 is 29.9 Å². The van der Waals surface area contributed by atoms with Crippen LogP contribution in [0.5, 0.6) is 0 Å². The van der Waals surface area contributed by atoms with Crippen LogP contribution < -0.4 is 0 Å². The molecule has 0 aromatic rings. The average Bonchev–Trinajstić information content (AvgIpc) is 2.33. The Kier molecular flexibility index (Phi) is 6.16. The predicted molar refractivity (Wildman–Crippen MR) is 68.4 cm³/mol. The van der Waals surface area contributed by atoms with Crippen molar-refractivity contribution >= 4 is 0 Å². The van der Waals surface area contributed by atoms with Crippen molar-refractivity contribution in [3.05, 3.63) is 0 Å². The van der Waals surface area contributed by atoms with E-state index in [0.717, 1.165) is 12.8 Å². The molecule has 5 atom stereocenters. The van der Waals surface area contributed by atoms with Crippen LogP contribution in [0, 0.1) is 5.41 Å². The average molecular weight is 278 g/mol. The molecular weight excluding hydrogens is 252 g/mol. The smallest absolute Gasteiger partial charge is 0.186 e. The lowest BCUT2D eigenvalue weighted by Gasteiger charge is -2.39. The van der Waals surface area contributed by atoms with Gasteiger partial charge >= 0.3 is 0 Å². The molecule has 0 spiro atoms. The SMILES string of the molecule is CC(C)(C)CCCOC1O[C@H](CO)[C@@H](O)[C@H](O)[C@H]1O. The third-order valence-electron chi connectivity index (χ3n) is 3.20. The van der Waals surface area contributed by atoms with Gasteiger partial charge in [0.1, 0.15) is 24.4 Å². The fourth-order valence-electron chi connectivity index (χ4n) is 2.01. The maximum Gasteiger partial charge on any atom is 0.186 e. The molecule has 0 amide bonds. The Hall–Kier alpha value is -0.240. The van der Waals surface area contributed by atoms with E-state index < -0.39 is 37.3 Å². The van der Waals surface area contributed by atoms with Gasteiger partial charge in [0.2, 0.25) is 0 Å². The van der Waals surface area contributed by atoms with E-state index in [1.807, 2.05) is 0 Å². The molecule has 1 aliphatic rings. The van der Waals surface area contributed by atoms with Crippen LogP contribution >= 0.6 is 0 Å². The molecule has 0 saturated carbocycles. The fourth-order valence-corrected chi connectivity index (χ4v) is 2.01. The Morgan fingerprint density at radius 3 is 2.21 bits per heavy atom. The van der Waals surface area contributed by atoms with Gasteiger partial charge in [-0.2, -0.15) is 0 Å². The third-order valence-corrected chi connectivity index (χ3v) is 3.20. The molecule has 0 aliphatic carbocycles. The molecule has 0 aromatic carbocycles. The Balaban J connectivity index is 2.40. The minimum atomic E-state index is -1.38. The topological polar surface area (TPSA) is 99.4 Å². The van der Waals surface area contributed by atoms with Crippen molar-refractivity contribution < 1.29 is 29.9 Å². The quantitative estimate of drug-likeness (QED) is 0.512. The molecule has 4 N–H and O–H groups in total. The number of hydrogen-bond donors (Lipinski definition) is 4. The zero-order valence-electron chi connectivity index (χ0n) is 11.8. The van der Waals surface area contributed by atoms with Gasteiger partial charge in [-0.05, 0) is 18.3 Å². The highest BCUT2D eigenvalue weighted by Crippen LogP contribution is 2.24. The zero-order valence-corrected chi connectivity index (χ0v) is 11.8. The van der Waals surface area contributed by atoms with E-state index in [1.165, 1.54) is 0 Å². The van der Waals surface area contributed by atoms with Crippen molar-refractivity contribution in [2.24, 2.45) is 5.41 Å². The van der Waals surface area contributed by atoms with Gasteiger partial charge in [-0.15, -0.1) is 0 Å². The lowest BCUT2D eigenvalue weighted by atomic mass is 9.91. The molecule has 0 radical (unpaired) electrons. The summed E-state index contributed by atoms with van der Waals surface area (Å²) in [7, 11) is 0. The number of aliphatic hydroxyl groups is 4. The summed E-state index contributed by atoms with van der Waals surface area (Å²) in [4.78, 5) is 0. The monoisotopic (exact) mass is 278 g/mol. The van der Waals surface area contributed by atoms with Crippen LogP contribution in [0.2, 0.25) is 0 Å². The van der Waals surface area contributed by atoms with E-state index in [4.69, 9.17) is 14.6 Å². The van der Waals surface area contributed by atoms with Gasteiger partial charge in [0.25, 0.3) is 0 Å². The van der Waals surface area contributed by atoms with Crippen molar-refractivity contribution in [2.45, 2.75) is 64.3 Å². The zero-order chi connectivity index (χ0) is 14.6. The maximum atomic E-state index is 9.74. The summed E-state index contributed by atoms with van der Waals surface area (Å²) in [5.74, 6) is 0. The fraction of sp³-hybridized carbons (Fsp3) is 1.00. The van der Waals surface area contributed by atoms with Crippen LogP contribution in [0.4, 0.5) is 0 Å². The summed E-state index contributed by atoms with van der Waals surface area (Å²) in [6, 6.07) is 0. The minimum absolute atomic E-state index is 0.207. The second-order valence-corrected chi connectivity index (χ2v) is 6.23. The lowest BCUT2D eigenvalue weighted by Crippen LogP contribution is -2.59. The highest BCUT2D eigenvalue weighted by atomic mass is 16.7. The highest BCUT2D eigenvalue weighted by Gasteiger charge is 2.43. The van der Waals surface area contributed by atoms with Gasteiger partial charge in [-0.25, -0.2) is 0 Å². The van der Waals surface area contributed by atoms with Gasteiger partial charge in [-0.3, -0.25) is 0 Å². The van der Waals surface area contributed by atoms with Gasteiger partial charge in [0.15, 0.2) is 6.29 Å². The Morgan fingerprint density at radius 1 is 1.05 bits per heavy atom. The number of aliphatic hydroxyl groups excluding tert-OH is 4. The summed E-state index contributed by atoms with van der Waals surface area (Å²) in [5.41, 5.74) is 0.207. The van der Waals surface area contributed by atoms with Crippen molar-refractivity contribution in [1.82, 2.24) is 0 Å². The van der Waals surface area contributed by atoms with Crippen molar-refractivity contribution in [1.29, 1.82) is 0 Å². The van der Waals surface area contributed by atoms with E-state index in [0.29, 0.717) is 6.61 Å². The summed E-state index contributed by atoms with van der Waals surface area (Å²) in [5, 5.41) is 38.0. The molecule has 114 valence electrons. The number of rotatable bonds is 5. The molecule has 1 unspecified atom stereocenters. The summed E-state index contributed by atoms with van der Waals surface area (Å²) < 4.78 is 10.6. The molecule has 1 fully saturated rings. The van der Waals surface area contributed by atoms with Gasteiger partial charge in [0.05, 0.1) is 6.61 Å². The molecular formula is C13H26O6. The molecule has 6 heteroatoms. The maximum absolute atomic E-state index is 9.74. The first-order chi connectivity index (χ1) is 8.76. The third kappa shape index (κ3) is 4.98. The van der Waals surface area contributed by atoms with Gasteiger partial charge in [0, 0.05) is 6.61 Å². The van der Waals surface area contributed by atoms with Crippen LogP contribution in [0.25, 0.3) is 0 Å². The Morgan fingerprint density at radius 2 is 1.68 bits per heavy atom. The second-order valence-electron chi connectivity index (χ2n) is 6.23. The number of hydrogen-bond acceptors (Lipinski definition) is 6. The van der Waals surface area contributed by atoms with E-state index in [-0.39, 0.29) is 5.41 Å². The highest BCUT2D eigenvalue weighted by molar-refractivity contribution is 4.88. The lowest BCUT2D eigenvalue weighted by molar-refractivity contribution is -0.301. The van der Waals surface area contributed by atoms with E-state index in [2.05, 4.69) is 20.8 Å². The Labute approximate surface area is 114 Å². The molecule has 0 aromatic heterocycles. The predicted octanol–water partition coefficient (Wildman–Crippen LogP) is -0.371. The summed E-state index contributed by atoms with van der Waals surface area (Å²) in [6.45, 7) is 6.33. The van der Waals surface area contributed by atoms with Gasteiger partial charge in [-0.1, -0.05) is 20.8 Å². The van der Waals surface area contributed by atoms with Crippen molar-refractivity contribution in [2.75, 3.05) is 13.2 Å². The molecule has 19 heavy (non-hydrogen) atoms. The Bertz CT molecular complexity index is 262. The summed E-state index contributed by atoms with van der Waals surface area (Å²) in [6.07, 6.45) is -4.19. The molecule has 1 rings (SSSR count). The molecule has 6 nitrogen and oxygen atoms in total. The normalized spacial score (nSPS) is 36.5. The molecule has 1 heterocycles. The minimum Gasteiger partial charge on any atom is -0.394 e. The second kappa shape index (κ2) is 6.97. The standard InChI is InChI=1S/C13H26O6/c1-13(2,3)5-4-6-18-12-11(17)10(16)9(15)8(7-14)19-12/h8-12,14-17H,4-7H2,1-3H3/t8-,9-,10+,11-,12?/m1/s1. The first kappa shape index (κ1) is 16.8. The van der Waals surface area contributed by atoms with E-state index in [9.17, 15) is 15.3 Å². The van der Waals surface area contributed by atoms with Crippen LogP contribution in [-0.2, 0) is 9.47 Å². The van der Waals surface area contributed by atoms with Crippen LogP contribution in [-0.4, -0.2) is 64.3 Å². The molecule has 0 bridgehead atoms.